The van der Waals surface area contributed by atoms with Crippen LogP contribution < -0.4 is 5.19 Å². The second-order valence-corrected chi connectivity index (χ2v) is 9.60. The molecule has 3 heteroatoms. The maximum Gasteiger partial charge on any atom is 0.337 e. The zero-order valence-electron chi connectivity index (χ0n) is 11.2. The number of hydrogen-bond acceptors (Lipinski definition) is 2. The maximum absolute atomic E-state index is 11.8. The van der Waals surface area contributed by atoms with Crippen LogP contribution in [0.15, 0.2) is 24.3 Å². The van der Waals surface area contributed by atoms with Gasteiger partial charge in [0.05, 0.1) is 20.7 Å². The molecule has 0 saturated heterocycles. The van der Waals surface area contributed by atoms with Gasteiger partial charge in [0, 0.05) is 0 Å². The molecule has 0 spiro atoms. The van der Waals surface area contributed by atoms with Crippen molar-refractivity contribution in [1.82, 2.24) is 0 Å². The first-order valence-corrected chi connectivity index (χ1v) is 8.95. The first-order chi connectivity index (χ1) is 8.15. The number of esters is 1. The van der Waals surface area contributed by atoms with Crippen molar-refractivity contribution in [2.24, 2.45) is 0 Å². The van der Waals surface area contributed by atoms with Gasteiger partial charge in [-0.2, -0.15) is 0 Å². The van der Waals surface area contributed by atoms with Crippen molar-refractivity contribution in [3.05, 3.63) is 29.8 Å². The predicted octanol–water partition coefficient (Wildman–Crippen LogP) is 3.19. The van der Waals surface area contributed by atoms with E-state index in [1.807, 2.05) is 18.2 Å². The molecule has 1 rings (SSSR count). The fourth-order valence-corrected chi connectivity index (χ4v) is 6.40. The van der Waals surface area contributed by atoms with Crippen LogP contribution in [0.2, 0.25) is 18.1 Å². The Kier molecular flexibility index (Phi) is 4.94. The number of benzene rings is 1. The van der Waals surface area contributed by atoms with Crippen molar-refractivity contribution in [3.63, 3.8) is 0 Å². The fourth-order valence-electron chi connectivity index (χ4n) is 2.55. The number of carbonyl (C=O) groups is 1. The minimum Gasteiger partial charge on any atom is -0.465 e. The van der Waals surface area contributed by atoms with Gasteiger partial charge in [-0.1, -0.05) is 57.1 Å². The van der Waals surface area contributed by atoms with Crippen LogP contribution >= 0.6 is 0 Å². The van der Waals surface area contributed by atoms with E-state index < -0.39 is 8.07 Å². The normalized spacial score (nSPS) is 11.3. The zero-order chi connectivity index (χ0) is 12.9. The van der Waals surface area contributed by atoms with Crippen LogP contribution in [0.3, 0.4) is 0 Å². The predicted molar refractivity (Wildman–Crippen MR) is 74.6 cm³/mol. The van der Waals surface area contributed by atoms with Crippen LogP contribution in [0.5, 0.6) is 0 Å². The van der Waals surface area contributed by atoms with Gasteiger partial charge < -0.3 is 4.74 Å². The summed E-state index contributed by atoms with van der Waals surface area (Å²) in [7, 11) is -0.0674. The topological polar surface area (TPSA) is 26.3 Å². The van der Waals surface area contributed by atoms with Crippen LogP contribution in [0.4, 0.5) is 0 Å². The lowest BCUT2D eigenvalue weighted by Crippen LogP contribution is -2.48. The maximum atomic E-state index is 11.8. The first-order valence-electron chi connectivity index (χ1n) is 6.33. The van der Waals surface area contributed by atoms with Gasteiger partial charge >= 0.3 is 5.97 Å². The van der Waals surface area contributed by atoms with E-state index in [2.05, 4.69) is 26.8 Å². The SMILES string of the molecule is CC[Si](CC)(CC)c1ccccc1C(=O)OC. The molecule has 0 aliphatic carbocycles. The molecule has 0 aliphatic heterocycles. The van der Waals surface area contributed by atoms with E-state index in [1.54, 1.807) is 0 Å². The number of carbonyl (C=O) groups excluding carboxylic acids is 1. The molecule has 2 nitrogen and oxygen atoms in total. The third-order valence-corrected chi connectivity index (χ3v) is 9.57. The minimum atomic E-state index is -1.52. The Morgan fingerprint density at radius 2 is 1.65 bits per heavy atom. The van der Waals surface area contributed by atoms with Crippen molar-refractivity contribution in [3.8, 4) is 0 Å². The summed E-state index contributed by atoms with van der Waals surface area (Å²) in [6, 6.07) is 11.5. The average Bonchev–Trinajstić information content (AvgIpc) is 2.41. The van der Waals surface area contributed by atoms with Crippen molar-refractivity contribution in [1.29, 1.82) is 0 Å². The molecular formula is C14H22O2Si. The summed E-state index contributed by atoms with van der Waals surface area (Å²) in [4.78, 5) is 11.8. The van der Waals surface area contributed by atoms with E-state index in [9.17, 15) is 4.79 Å². The molecule has 17 heavy (non-hydrogen) atoms. The molecule has 0 heterocycles. The lowest BCUT2D eigenvalue weighted by molar-refractivity contribution is 0.0602. The Morgan fingerprint density at radius 3 is 2.12 bits per heavy atom. The highest BCUT2D eigenvalue weighted by Gasteiger charge is 2.32. The highest BCUT2D eigenvalue weighted by molar-refractivity contribution is 6.92. The summed E-state index contributed by atoms with van der Waals surface area (Å²) >= 11 is 0. The Labute approximate surface area is 105 Å². The second-order valence-electron chi connectivity index (χ2n) is 4.38. The van der Waals surface area contributed by atoms with E-state index >= 15 is 0 Å². The molecule has 94 valence electrons. The monoisotopic (exact) mass is 250 g/mol. The van der Waals surface area contributed by atoms with Gasteiger partial charge in [0.25, 0.3) is 0 Å². The van der Waals surface area contributed by atoms with Gasteiger partial charge in [-0.05, 0) is 11.3 Å². The highest BCUT2D eigenvalue weighted by atomic mass is 28.3. The Bertz CT molecular complexity index is 375. The van der Waals surface area contributed by atoms with E-state index in [4.69, 9.17) is 4.74 Å². The summed E-state index contributed by atoms with van der Waals surface area (Å²) < 4.78 is 4.89. The third kappa shape index (κ3) is 2.60. The summed E-state index contributed by atoms with van der Waals surface area (Å²) in [6.45, 7) is 6.73. The molecule has 0 atom stereocenters. The van der Waals surface area contributed by atoms with Gasteiger partial charge in [0.15, 0.2) is 0 Å². The lowest BCUT2D eigenvalue weighted by atomic mass is 10.2. The third-order valence-electron chi connectivity index (χ3n) is 3.93. The van der Waals surface area contributed by atoms with E-state index in [0.717, 1.165) is 5.56 Å². The molecular weight excluding hydrogens is 228 g/mol. The second kappa shape index (κ2) is 6.01. The molecule has 1 aromatic rings. The van der Waals surface area contributed by atoms with Gasteiger partial charge in [0.1, 0.15) is 0 Å². The molecule has 0 saturated carbocycles. The summed E-state index contributed by atoms with van der Waals surface area (Å²) in [5.74, 6) is -0.201. The van der Waals surface area contributed by atoms with Crippen molar-refractivity contribution in [2.75, 3.05) is 7.11 Å². The largest absolute Gasteiger partial charge is 0.465 e. The van der Waals surface area contributed by atoms with Crippen molar-refractivity contribution in [2.45, 2.75) is 38.9 Å². The minimum absolute atomic E-state index is 0.201. The molecule has 0 radical (unpaired) electrons. The van der Waals surface area contributed by atoms with E-state index in [1.165, 1.54) is 30.4 Å². The highest BCUT2D eigenvalue weighted by Crippen LogP contribution is 2.22. The summed E-state index contributed by atoms with van der Waals surface area (Å²) in [6.07, 6.45) is 0. The van der Waals surface area contributed by atoms with Crippen LogP contribution in [0, 0.1) is 0 Å². The quantitative estimate of drug-likeness (QED) is 0.592. The molecule has 0 aromatic heterocycles. The van der Waals surface area contributed by atoms with Crippen LogP contribution in [-0.2, 0) is 4.74 Å². The van der Waals surface area contributed by atoms with Gasteiger partial charge in [0.2, 0.25) is 0 Å². The molecule has 0 fully saturated rings. The summed E-state index contributed by atoms with van der Waals surface area (Å²) in [5.41, 5.74) is 0.771. The van der Waals surface area contributed by atoms with Crippen LogP contribution in [-0.4, -0.2) is 21.2 Å². The molecule has 1 aromatic carbocycles. The van der Waals surface area contributed by atoms with Crippen molar-refractivity contribution >= 4 is 19.2 Å². The lowest BCUT2D eigenvalue weighted by Gasteiger charge is -2.30. The van der Waals surface area contributed by atoms with Gasteiger partial charge in [-0.3, -0.25) is 0 Å². The van der Waals surface area contributed by atoms with Crippen LogP contribution in [0.1, 0.15) is 31.1 Å². The Balaban J connectivity index is 3.33. The standard InChI is InChI=1S/C14H22O2Si/c1-5-17(6-2,7-3)13-11-9-8-10-12(13)14(15)16-4/h8-11H,5-7H2,1-4H3. The molecule has 0 aliphatic rings. The Hall–Kier alpha value is -1.09. The van der Waals surface area contributed by atoms with Crippen LogP contribution in [0.25, 0.3) is 0 Å². The molecule has 0 N–H and O–H groups in total. The molecule has 0 bridgehead atoms. The number of hydrogen-bond donors (Lipinski definition) is 0. The first kappa shape index (κ1) is 14.0. The molecule has 0 unspecified atom stereocenters. The van der Waals surface area contributed by atoms with Gasteiger partial charge in [-0.25, -0.2) is 4.79 Å². The van der Waals surface area contributed by atoms with E-state index in [-0.39, 0.29) is 5.97 Å². The number of methoxy groups -OCH3 is 1. The smallest absolute Gasteiger partial charge is 0.337 e. The summed E-state index contributed by atoms with van der Waals surface area (Å²) in [5, 5.41) is 1.26. The van der Waals surface area contributed by atoms with E-state index in [0.29, 0.717) is 0 Å². The number of rotatable bonds is 5. The zero-order valence-corrected chi connectivity index (χ0v) is 12.2. The Morgan fingerprint density at radius 1 is 1.12 bits per heavy atom. The number of ether oxygens (including phenoxy) is 1. The fraction of sp³-hybridized carbons (Fsp3) is 0.500. The molecule has 0 amide bonds. The van der Waals surface area contributed by atoms with Gasteiger partial charge in [-0.15, -0.1) is 0 Å². The average molecular weight is 250 g/mol. The van der Waals surface area contributed by atoms with Crippen molar-refractivity contribution < 1.29 is 9.53 Å².